The summed E-state index contributed by atoms with van der Waals surface area (Å²) >= 11 is 5.59. The highest BCUT2D eigenvalue weighted by atomic mass is 35.5. The van der Waals surface area contributed by atoms with Crippen LogP contribution in [0, 0.1) is 5.82 Å². The molecule has 1 aromatic carbocycles. The lowest BCUT2D eigenvalue weighted by Crippen LogP contribution is -2.32. The van der Waals surface area contributed by atoms with Crippen molar-refractivity contribution in [1.82, 2.24) is 0 Å². The standard InChI is InChI=1S/C9H10ClFN2O/c1-5(12)9(14)13-8-3-6(10)2-7(11)4-8/h2-5H,12H2,1H3,(H,13,14)/t5-/m1/s1. The molecule has 0 spiro atoms. The number of nitrogens with one attached hydrogen (secondary N) is 1. The van der Waals surface area contributed by atoms with Gasteiger partial charge in [-0.05, 0) is 25.1 Å². The predicted octanol–water partition coefficient (Wildman–Crippen LogP) is 1.76. The lowest BCUT2D eigenvalue weighted by molar-refractivity contribution is -0.117. The van der Waals surface area contributed by atoms with Crippen molar-refractivity contribution in [3.63, 3.8) is 0 Å². The zero-order valence-electron chi connectivity index (χ0n) is 7.55. The van der Waals surface area contributed by atoms with Gasteiger partial charge in [0.1, 0.15) is 5.82 Å². The van der Waals surface area contributed by atoms with Gasteiger partial charge in [-0.3, -0.25) is 4.79 Å². The molecule has 0 heterocycles. The Kier molecular flexibility index (Phi) is 3.43. The molecule has 0 aliphatic rings. The molecule has 1 rings (SSSR count). The van der Waals surface area contributed by atoms with Gasteiger partial charge in [-0.1, -0.05) is 11.6 Å². The molecule has 1 atom stereocenters. The molecule has 0 unspecified atom stereocenters. The maximum absolute atomic E-state index is 12.8. The number of benzene rings is 1. The Balaban J connectivity index is 2.82. The smallest absolute Gasteiger partial charge is 0.241 e. The van der Waals surface area contributed by atoms with E-state index in [0.717, 1.165) is 6.07 Å². The number of carbonyl (C=O) groups is 1. The zero-order valence-corrected chi connectivity index (χ0v) is 8.31. The Morgan fingerprint density at radius 2 is 2.21 bits per heavy atom. The molecule has 14 heavy (non-hydrogen) atoms. The lowest BCUT2D eigenvalue weighted by atomic mass is 10.3. The Morgan fingerprint density at radius 1 is 1.57 bits per heavy atom. The molecule has 0 aliphatic carbocycles. The van der Waals surface area contributed by atoms with Crippen molar-refractivity contribution >= 4 is 23.2 Å². The average Bonchev–Trinajstić information content (AvgIpc) is 2.01. The van der Waals surface area contributed by atoms with Crippen molar-refractivity contribution < 1.29 is 9.18 Å². The highest BCUT2D eigenvalue weighted by molar-refractivity contribution is 6.30. The number of halogens is 2. The molecule has 76 valence electrons. The summed E-state index contributed by atoms with van der Waals surface area (Å²) in [7, 11) is 0. The Labute approximate surface area is 86.0 Å². The largest absolute Gasteiger partial charge is 0.325 e. The molecular formula is C9H10ClFN2O. The van der Waals surface area contributed by atoms with Crippen LogP contribution in [0.4, 0.5) is 10.1 Å². The molecule has 3 nitrogen and oxygen atoms in total. The van der Waals surface area contributed by atoms with E-state index in [1.165, 1.54) is 19.1 Å². The van der Waals surface area contributed by atoms with E-state index >= 15 is 0 Å². The number of amides is 1. The van der Waals surface area contributed by atoms with Gasteiger partial charge in [0.05, 0.1) is 6.04 Å². The molecule has 5 heteroatoms. The summed E-state index contributed by atoms with van der Waals surface area (Å²) < 4.78 is 12.8. The molecule has 0 aliphatic heterocycles. The van der Waals surface area contributed by atoms with Gasteiger partial charge in [0.25, 0.3) is 0 Å². The van der Waals surface area contributed by atoms with Gasteiger partial charge < -0.3 is 11.1 Å². The summed E-state index contributed by atoms with van der Waals surface area (Å²) in [6.45, 7) is 1.54. The minimum Gasteiger partial charge on any atom is -0.325 e. The van der Waals surface area contributed by atoms with Gasteiger partial charge in [0, 0.05) is 10.7 Å². The molecule has 0 radical (unpaired) electrons. The maximum atomic E-state index is 12.8. The van der Waals surface area contributed by atoms with Crippen LogP contribution in [0.5, 0.6) is 0 Å². The number of carbonyl (C=O) groups excluding carboxylic acids is 1. The van der Waals surface area contributed by atoms with Crippen molar-refractivity contribution in [3.05, 3.63) is 29.0 Å². The number of anilines is 1. The molecule has 3 N–H and O–H groups in total. The Morgan fingerprint density at radius 3 is 2.71 bits per heavy atom. The van der Waals surface area contributed by atoms with Gasteiger partial charge in [-0.15, -0.1) is 0 Å². The monoisotopic (exact) mass is 216 g/mol. The summed E-state index contributed by atoms with van der Waals surface area (Å²) in [5.74, 6) is -0.885. The van der Waals surface area contributed by atoms with Crippen LogP contribution in [0.2, 0.25) is 5.02 Å². The van der Waals surface area contributed by atoms with Gasteiger partial charge in [0.2, 0.25) is 5.91 Å². The summed E-state index contributed by atoms with van der Waals surface area (Å²) in [6, 6.07) is 3.14. The average molecular weight is 217 g/mol. The second-order valence-corrected chi connectivity index (χ2v) is 3.37. The fourth-order valence-electron chi connectivity index (χ4n) is 0.882. The van der Waals surface area contributed by atoms with E-state index in [9.17, 15) is 9.18 Å². The van der Waals surface area contributed by atoms with E-state index in [0.29, 0.717) is 5.69 Å². The van der Waals surface area contributed by atoms with Crippen molar-refractivity contribution in [2.24, 2.45) is 5.73 Å². The minimum atomic E-state index is -0.642. The minimum absolute atomic E-state index is 0.227. The second-order valence-electron chi connectivity index (χ2n) is 2.94. The second kappa shape index (κ2) is 4.39. The Bertz CT molecular complexity index is 334. The van der Waals surface area contributed by atoms with E-state index < -0.39 is 11.9 Å². The van der Waals surface area contributed by atoms with Gasteiger partial charge in [0.15, 0.2) is 0 Å². The molecule has 0 saturated heterocycles. The van der Waals surface area contributed by atoms with Crippen molar-refractivity contribution in [3.8, 4) is 0 Å². The van der Waals surface area contributed by atoms with Gasteiger partial charge in [-0.25, -0.2) is 4.39 Å². The predicted molar refractivity (Wildman–Crippen MR) is 53.7 cm³/mol. The number of hydrogen-bond donors (Lipinski definition) is 2. The molecule has 0 bridgehead atoms. The fraction of sp³-hybridized carbons (Fsp3) is 0.222. The van der Waals surface area contributed by atoms with Crippen LogP contribution < -0.4 is 11.1 Å². The van der Waals surface area contributed by atoms with Crippen molar-refractivity contribution in [2.45, 2.75) is 13.0 Å². The van der Waals surface area contributed by atoms with E-state index in [1.54, 1.807) is 0 Å². The SMILES string of the molecule is C[C@@H](N)C(=O)Nc1cc(F)cc(Cl)c1. The zero-order chi connectivity index (χ0) is 10.7. The van der Waals surface area contributed by atoms with Gasteiger partial charge in [-0.2, -0.15) is 0 Å². The first-order valence-electron chi connectivity index (χ1n) is 4.01. The van der Waals surface area contributed by atoms with Crippen LogP contribution in [0.25, 0.3) is 0 Å². The van der Waals surface area contributed by atoms with Gasteiger partial charge >= 0.3 is 0 Å². The molecule has 1 amide bonds. The summed E-state index contributed by atoms with van der Waals surface area (Å²) in [5, 5.41) is 2.66. The number of rotatable bonds is 2. The van der Waals surface area contributed by atoms with Crippen molar-refractivity contribution in [1.29, 1.82) is 0 Å². The summed E-state index contributed by atoms with van der Waals surface area (Å²) in [5.41, 5.74) is 5.62. The highest BCUT2D eigenvalue weighted by Crippen LogP contribution is 2.17. The molecular weight excluding hydrogens is 207 g/mol. The topological polar surface area (TPSA) is 55.1 Å². The third kappa shape index (κ3) is 2.97. The molecule has 0 aromatic heterocycles. The van der Waals surface area contributed by atoms with Crippen LogP contribution in [-0.2, 0) is 4.79 Å². The summed E-state index contributed by atoms with van der Waals surface area (Å²) in [4.78, 5) is 11.1. The quantitative estimate of drug-likeness (QED) is 0.792. The van der Waals surface area contributed by atoms with E-state index in [4.69, 9.17) is 17.3 Å². The van der Waals surface area contributed by atoms with Crippen LogP contribution in [0.1, 0.15) is 6.92 Å². The number of nitrogens with two attached hydrogens (primary N) is 1. The van der Waals surface area contributed by atoms with Crippen LogP contribution in [0.15, 0.2) is 18.2 Å². The van der Waals surface area contributed by atoms with E-state index in [-0.39, 0.29) is 10.9 Å². The maximum Gasteiger partial charge on any atom is 0.241 e. The van der Waals surface area contributed by atoms with Crippen LogP contribution in [0.3, 0.4) is 0 Å². The molecule has 1 aromatic rings. The number of hydrogen-bond acceptors (Lipinski definition) is 2. The first-order chi connectivity index (χ1) is 6.49. The normalized spacial score (nSPS) is 12.3. The van der Waals surface area contributed by atoms with E-state index in [2.05, 4.69) is 5.32 Å². The third-order valence-corrected chi connectivity index (χ3v) is 1.76. The summed E-state index contributed by atoms with van der Waals surface area (Å²) in [6.07, 6.45) is 0. The van der Waals surface area contributed by atoms with E-state index in [1.807, 2.05) is 0 Å². The van der Waals surface area contributed by atoms with Crippen LogP contribution >= 0.6 is 11.6 Å². The first kappa shape index (κ1) is 10.9. The highest BCUT2D eigenvalue weighted by Gasteiger charge is 2.08. The first-order valence-corrected chi connectivity index (χ1v) is 4.39. The third-order valence-electron chi connectivity index (χ3n) is 1.54. The van der Waals surface area contributed by atoms with Crippen molar-refractivity contribution in [2.75, 3.05) is 5.32 Å². The molecule has 0 saturated carbocycles. The molecule has 0 fully saturated rings. The lowest BCUT2D eigenvalue weighted by Gasteiger charge is -2.07. The Hall–Kier alpha value is -1.13. The fourth-order valence-corrected chi connectivity index (χ4v) is 1.10. The van der Waals surface area contributed by atoms with Crippen LogP contribution in [-0.4, -0.2) is 11.9 Å².